The van der Waals surface area contributed by atoms with Crippen LogP contribution in [0.3, 0.4) is 0 Å². The highest BCUT2D eigenvalue weighted by atomic mass is 15.1. The normalized spacial score (nSPS) is 12.1. The summed E-state index contributed by atoms with van der Waals surface area (Å²) in [5.41, 5.74) is 8.16. The fourth-order valence-electron chi connectivity index (χ4n) is 1.62. The van der Waals surface area contributed by atoms with Crippen LogP contribution in [0.4, 0.5) is 0 Å². The molecular formula is C12H12N4. The fourth-order valence-corrected chi connectivity index (χ4v) is 1.62. The summed E-state index contributed by atoms with van der Waals surface area (Å²) in [6.45, 7) is 1.89. The predicted molar refractivity (Wildman–Crippen MR) is 60.9 cm³/mol. The molecule has 1 heterocycles. The van der Waals surface area contributed by atoms with E-state index in [-0.39, 0.29) is 6.04 Å². The van der Waals surface area contributed by atoms with Gasteiger partial charge >= 0.3 is 0 Å². The molecule has 2 rings (SSSR count). The second-order valence-corrected chi connectivity index (χ2v) is 3.61. The lowest BCUT2D eigenvalue weighted by atomic mass is 10.2. The maximum atomic E-state index is 9.03. The molecule has 0 radical (unpaired) electrons. The van der Waals surface area contributed by atoms with E-state index in [0.29, 0.717) is 5.56 Å². The van der Waals surface area contributed by atoms with Gasteiger partial charge in [0.25, 0.3) is 0 Å². The van der Waals surface area contributed by atoms with Gasteiger partial charge in [-0.1, -0.05) is 12.1 Å². The van der Waals surface area contributed by atoms with Crippen molar-refractivity contribution in [2.24, 2.45) is 5.73 Å². The van der Waals surface area contributed by atoms with Gasteiger partial charge in [0.1, 0.15) is 6.07 Å². The lowest BCUT2D eigenvalue weighted by Gasteiger charge is -2.11. The largest absolute Gasteiger partial charge is 0.323 e. The van der Waals surface area contributed by atoms with Gasteiger partial charge in [0.2, 0.25) is 0 Å². The molecule has 4 nitrogen and oxygen atoms in total. The van der Waals surface area contributed by atoms with Crippen LogP contribution >= 0.6 is 0 Å². The van der Waals surface area contributed by atoms with Crippen LogP contribution in [-0.2, 0) is 0 Å². The first-order valence-electron chi connectivity index (χ1n) is 5.01. The van der Waals surface area contributed by atoms with E-state index >= 15 is 0 Å². The number of aromatic nitrogens is 2. The first-order valence-corrected chi connectivity index (χ1v) is 5.01. The molecule has 0 fully saturated rings. The van der Waals surface area contributed by atoms with Gasteiger partial charge in [-0.15, -0.1) is 0 Å². The van der Waals surface area contributed by atoms with E-state index in [1.165, 1.54) is 0 Å². The third-order valence-electron chi connectivity index (χ3n) is 2.42. The van der Waals surface area contributed by atoms with E-state index in [4.69, 9.17) is 11.0 Å². The maximum Gasteiger partial charge on any atom is 0.101 e. The van der Waals surface area contributed by atoms with E-state index in [1.54, 1.807) is 18.6 Å². The van der Waals surface area contributed by atoms with Gasteiger partial charge in [0.05, 0.1) is 29.5 Å². The Labute approximate surface area is 94.0 Å². The van der Waals surface area contributed by atoms with E-state index in [0.717, 1.165) is 11.4 Å². The zero-order valence-corrected chi connectivity index (χ0v) is 8.96. The van der Waals surface area contributed by atoms with Crippen molar-refractivity contribution in [1.82, 2.24) is 9.55 Å². The number of para-hydroxylation sites is 1. The summed E-state index contributed by atoms with van der Waals surface area (Å²) < 4.78 is 1.85. The van der Waals surface area contributed by atoms with Crippen LogP contribution in [0.5, 0.6) is 0 Å². The first-order chi connectivity index (χ1) is 7.74. The smallest absolute Gasteiger partial charge is 0.101 e. The fraction of sp³-hybridized carbons (Fsp3) is 0.167. The van der Waals surface area contributed by atoms with Crippen molar-refractivity contribution < 1.29 is 0 Å². The van der Waals surface area contributed by atoms with Gasteiger partial charge in [-0.3, -0.25) is 0 Å². The molecule has 0 aliphatic heterocycles. The molecule has 0 aliphatic carbocycles. The minimum atomic E-state index is -0.116. The molecule has 80 valence electrons. The van der Waals surface area contributed by atoms with Crippen molar-refractivity contribution in [3.05, 3.63) is 48.0 Å². The van der Waals surface area contributed by atoms with E-state index in [1.807, 2.05) is 29.7 Å². The zero-order chi connectivity index (χ0) is 11.5. The molecule has 0 amide bonds. The number of nitrogens with two attached hydrogens (primary N) is 1. The van der Waals surface area contributed by atoms with Crippen molar-refractivity contribution >= 4 is 0 Å². The van der Waals surface area contributed by atoms with E-state index < -0.39 is 0 Å². The summed E-state index contributed by atoms with van der Waals surface area (Å²) >= 11 is 0. The third kappa shape index (κ3) is 1.69. The van der Waals surface area contributed by atoms with Crippen LogP contribution in [0, 0.1) is 11.3 Å². The second kappa shape index (κ2) is 4.17. The topological polar surface area (TPSA) is 67.6 Å². The number of nitrogens with zero attached hydrogens (tertiary/aromatic N) is 3. The average Bonchev–Trinajstić information content (AvgIpc) is 2.77. The molecule has 4 heteroatoms. The molecule has 0 saturated carbocycles. The Balaban J connectivity index is 2.60. The Morgan fingerprint density at radius 3 is 2.88 bits per heavy atom. The number of nitriles is 1. The standard InChI is InChI=1S/C12H12N4/c1-9(14)12-7-15-8-16(12)11-5-3-2-4-10(11)6-13/h2-5,7-9H,14H2,1H3/t9-/m1/s1. The average molecular weight is 212 g/mol. The van der Waals surface area contributed by atoms with Crippen molar-refractivity contribution in [3.63, 3.8) is 0 Å². The third-order valence-corrected chi connectivity index (χ3v) is 2.42. The molecular weight excluding hydrogens is 200 g/mol. The number of rotatable bonds is 2. The molecule has 2 aromatic rings. The Bertz CT molecular complexity index is 534. The van der Waals surface area contributed by atoms with Gasteiger partial charge in [-0.25, -0.2) is 4.98 Å². The summed E-state index contributed by atoms with van der Waals surface area (Å²) in [4.78, 5) is 4.07. The summed E-state index contributed by atoms with van der Waals surface area (Å²) in [6, 6.07) is 9.43. The van der Waals surface area contributed by atoms with Crippen molar-refractivity contribution in [2.75, 3.05) is 0 Å². The molecule has 16 heavy (non-hydrogen) atoms. The monoisotopic (exact) mass is 212 g/mol. The molecule has 0 saturated heterocycles. The van der Waals surface area contributed by atoms with Crippen molar-refractivity contribution in [1.29, 1.82) is 5.26 Å². The molecule has 1 atom stereocenters. The number of imidazole rings is 1. The van der Waals surface area contributed by atoms with Gasteiger partial charge < -0.3 is 10.3 Å². The number of hydrogen-bond acceptors (Lipinski definition) is 3. The van der Waals surface area contributed by atoms with Crippen LogP contribution in [0.2, 0.25) is 0 Å². The molecule has 0 bridgehead atoms. The number of benzene rings is 1. The summed E-state index contributed by atoms with van der Waals surface area (Å²) in [5, 5.41) is 9.03. The zero-order valence-electron chi connectivity index (χ0n) is 8.96. The SMILES string of the molecule is C[C@@H](N)c1cncn1-c1ccccc1C#N. The van der Waals surface area contributed by atoms with E-state index in [9.17, 15) is 0 Å². The van der Waals surface area contributed by atoms with Gasteiger partial charge in [0, 0.05) is 6.04 Å². The Hall–Kier alpha value is -2.12. The lowest BCUT2D eigenvalue weighted by Crippen LogP contribution is -2.11. The van der Waals surface area contributed by atoms with Crippen molar-refractivity contribution in [3.8, 4) is 11.8 Å². The maximum absolute atomic E-state index is 9.03. The summed E-state index contributed by atoms with van der Waals surface area (Å²) in [6.07, 6.45) is 3.40. The first kappa shape index (κ1) is 10.4. The van der Waals surface area contributed by atoms with Crippen LogP contribution in [0.25, 0.3) is 5.69 Å². The van der Waals surface area contributed by atoms with Crippen molar-refractivity contribution in [2.45, 2.75) is 13.0 Å². The molecule has 1 aromatic heterocycles. The quantitative estimate of drug-likeness (QED) is 0.824. The van der Waals surface area contributed by atoms with Crippen LogP contribution in [0.15, 0.2) is 36.8 Å². The van der Waals surface area contributed by atoms with Gasteiger partial charge in [0.15, 0.2) is 0 Å². The summed E-state index contributed by atoms with van der Waals surface area (Å²) in [7, 11) is 0. The van der Waals surface area contributed by atoms with Crippen LogP contribution < -0.4 is 5.73 Å². The Kier molecular flexibility index (Phi) is 2.71. The van der Waals surface area contributed by atoms with Gasteiger partial charge in [-0.2, -0.15) is 5.26 Å². The molecule has 1 aromatic carbocycles. The van der Waals surface area contributed by atoms with Crippen LogP contribution in [0.1, 0.15) is 24.2 Å². The molecule has 2 N–H and O–H groups in total. The minimum absolute atomic E-state index is 0.116. The highest BCUT2D eigenvalue weighted by molar-refractivity contribution is 5.49. The number of hydrogen-bond donors (Lipinski definition) is 1. The van der Waals surface area contributed by atoms with Gasteiger partial charge in [-0.05, 0) is 19.1 Å². The highest BCUT2D eigenvalue weighted by Crippen LogP contribution is 2.18. The lowest BCUT2D eigenvalue weighted by molar-refractivity contribution is 0.752. The van der Waals surface area contributed by atoms with Crippen LogP contribution in [-0.4, -0.2) is 9.55 Å². The Morgan fingerprint density at radius 2 is 2.19 bits per heavy atom. The summed E-state index contributed by atoms with van der Waals surface area (Å²) in [5.74, 6) is 0. The highest BCUT2D eigenvalue weighted by Gasteiger charge is 2.10. The molecule has 0 spiro atoms. The second-order valence-electron chi connectivity index (χ2n) is 3.61. The molecule has 0 unspecified atom stereocenters. The molecule has 0 aliphatic rings. The minimum Gasteiger partial charge on any atom is -0.323 e. The van der Waals surface area contributed by atoms with E-state index in [2.05, 4.69) is 11.1 Å². The Morgan fingerprint density at radius 1 is 1.44 bits per heavy atom. The predicted octanol–water partition coefficient (Wildman–Crippen LogP) is 1.76.